The SMILES string of the molecule is O=C1CCCCCCCCCCC1c1ccccc1. The summed E-state index contributed by atoms with van der Waals surface area (Å²) in [6.07, 6.45) is 12.0. The van der Waals surface area contributed by atoms with Crippen molar-refractivity contribution in [1.29, 1.82) is 0 Å². The number of carbonyl (C=O) groups is 1. The molecule has 1 fully saturated rings. The Morgan fingerprint density at radius 3 is 2.00 bits per heavy atom. The third-order valence-electron chi connectivity index (χ3n) is 4.26. The molecule has 0 spiro atoms. The van der Waals surface area contributed by atoms with E-state index >= 15 is 0 Å². The van der Waals surface area contributed by atoms with Gasteiger partial charge in [0.2, 0.25) is 0 Å². The first-order valence-electron chi connectivity index (χ1n) is 7.95. The van der Waals surface area contributed by atoms with E-state index in [0.29, 0.717) is 5.78 Å². The molecule has 1 nitrogen and oxygen atoms in total. The van der Waals surface area contributed by atoms with Crippen LogP contribution in [0, 0.1) is 0 Å². The van der Waals surface area contributed by atoms with E-state index in [0.717, 1.165) is 19.3 Å². The summed E-state index contributed by atoms with van der Waals surface area (Å²) in [7, 11) is 0. The van der Waals surface area contributed by atoms with Crippen molar-refractivity contribution in [3.63, 3.8) is 0 Å². The Labute approximate surface area is 117 Å². The summed E-state index contributed by atoms with van der Waals surface area (Å²) in [5.74, 6) is 0.618. The third kappa shape index (κ3) is 4.81. The van der Waals surface area contributed by atoms with Gasteiger partial charge in [0.05, 0.1) is 0 Å². The van der Waals surface area contributed by atoms with E-state index in [1.807, 2.05) is 6.07 Å². The predicted molar refractivity (Wildman–Crippen MR) is 80.4 cm³/mol. The summed E-state index contributed by atoms with van der Waals surface area (Å²) in [5, 5.41) is 0. The number of Topliss-reactive ketones (excluding diaryl/α,β-unsaturated/α-hetero) is 1. The molecule has 0 saturated heterocycles. The highest BCUT2D eigenvalue weighted by atomic mass is 16.1. The quantitative estimate of drug-likeness (QED) is 0.672. The fourth-order valence-electron chi connectivity index (χ4n) is 3.08. The molecule has 0 heterocycles. The molecule has 1 heteroatoms. The number of benzene rings is 1. The summed E-state index contributed by atoms with van der Waals surface area (Å²) in [4.78, 5) is 12.4. The van der Waals surface area contributed by atoms with E-state index in [1.165, 1.54) is 50.5 Å². The third-order valence-corrected chi connectivity index (χ3v) is 4.26. The van der Waals surface area contributed by atoms with Gasteiger partial charge >= 0.3 is 0 Å². The van der Waals surface area contributed by atoms with Crippen LogP contribution in [0.3, 0.4) is 0 Å². The van der Waals surface area contributed by atoms with E-state index in [9.17, 15) is 4.79 Å². The molecule has 19 heavy (non-hydrogen) atoms. The minimum Gasteiger partial charge on any atom is -0.299 e. The van der Waals surface area contributed by atoms with Crippen LogP contribution in [0.25, 0.3) is 0 Å². The minimum absolute atomic E-state index is 0.153. The normalized spacial score (nSPS) is 23.4. The first kappa shape index (κ1) is 14.3. The maximum atomic E-state index is 12.4. The van der Waals surface area contributed by atoms with Crippen LogP contribution in [-0.4, -0.2) is 5.78 Å². The van der Waals surface area contributed by atoms with Crippen molar-refractivity contribution >= 4 is 5.78 Å². The van der Waals surface area contributed by atoms with Crippen LogP contribution < -0.4 is 0 Å². The minimum atomic E-state index is 0.153. The zero-order valence-electron chi connectivity index (χ0n) is 11.9. The number of ketones is 1. The van der Waals surface area contributed by atoms with E-state index in [-0.39, 0.29) is 5.92 Å². The molecule has 0 amide bonds. The van der Waals surface area contributed by atoms with Gasteiger partial charge in [-0.05, 0) is 18.4 Å². The molecule has 1 aromatic rings. The molecule has 0 aromatic heterocycles. The molecular formula is C18H26O. The van der Waals surface area contributed by atoms with Gasteiger partial charge in [0, 0.05) is 12.3 Å². The van der Waals surface area contributed by atoms with Gasteiger partial charge in [0.15, 0.2) is 0 Å². The molecule has 1 aromatic carbocycles. The molecular weight excluding hydrogens is 232 g/mol. The number of hydrogen-bond acceptors (Lipinski definition) is 1. The second kappa shape index (κ2) is 8.14. The fourth-order valence-corrected chi connectivity index (χ4v) is 3.08. The topological polar surface area (TPSA) is 17.1 Å². The first-order chi connectivity index (χ1) is 9.38. The molecule has 1 atom stereocenters. The molecule has 0 N–H and O–H groups in total. The van der Waals surface area contributed by atoms with Gasteiger partial charge in [-0.3, -0.25) is 4.79 Å². The maximum Gasteiger partial charge on any atom is 0.140 e. The molecule has 1 aliphatic carbocycles. The maximum absolute atomic E-state index is 12.4. The second-order valence-electron chi connectivity index (χ2n) is 5.80. The van der Waals surface area contributed by atoms with Crippen LogP contribution in [0.5, 0.6) is 0 Å². The molecule has 0 aliphatic heterocycles. The summed E-state index contributed by atoms with van der Waals surface area (Å²) < 4.78 is 0. The highest BCUT2D eigenvalue weighted by Crippen LogP contribution is 2.26. The van der Waals surface area contributed by atoms with Crippen molar-refractivity contribution in [3.05, 3.63) is 35.9 Å². The summed E-state index contributed by atoms with van der Waals surface area (Å²) in [6, 6.07) is 10.4. The van der Waals surface area contributed by atoms with Crippen molar-refractivity contribution in [2.45, 2.75) is 70.1 Å². The fraction of sp³-hybridized carbons (Fsp3) is 0.611. The van der Waals surface area contributed by atoms with Crippen LogP contribution in [0.4, 0.5) is 0 Å². The highest BCUT2D eigenvalue weighted by Gasteiger charge is 2.19. The van der Waals surface area contributed by atoms with Crippen LogP contribution in [0.15, 0.2) is 30.3 Å². The van der Waals surface area contributed by atoms with Gasteiger partial charge in [0.25, 0.3) is 0 Å². The first-order valence-corrected chi connectivity index (χ1v) is 7.95. The molecule has 1 unspecified atom stereocenters. The van der Waals surface area contributed by atoms with Gasteiger partial charge in [-0.15, -0.1) is 0 Å². The molecule has 2 rings (SSSR count). The standard InChI is InChI=1S/C18H26O/c19-18-15-11-6-4-2-1-3-5-10-14-17(18)16-12-8-7-9-13-16/h7-9,12-13,17H,1-6,10-11,14-15H2. The van der Waals surface area contributed by atoms with Gasteiger partial charge in [-0.25, -0.2) is 0 Å². The van der Waals surface area contributed by atoms with Crippen LogP contribution in [-0.2, 0) is 4.79 Å². The zero-order chi connectivity index (χ0) is 13.3. The van der Waals surface area contributed by atoms with Gasteiger partial charge in [-0.2, -0.15) is 0 Å². The van der Waals surface area contributed by atoms with Crippen molar-refractivity contribution in [2.75, 3.05) is 0 Å². The van der Waals surface area contributed by atoms with Crippen molar-refractivity contribution in [1.82, 2.24) is 0 Å². The van der Waals surface area contributed by atoms with E-state index < -0.39 is 0 Å². The largest absolute Gasteiger partial charge is 0.299 e. The van der Waals surface area contributed by atoms with Crippen molar-refractivity contribution in [2.24, 2.45) is 0 Å². The average molecular weight is 258 g/mol. The smallest absolute Gasteiger partial charge is 0.140 e. The van der Waals surface area contributed by atoms with E-state index in [2.05, 4.69) is 24.3 Å². The Hall–Kier alpha value is -1.11. The van der Waals surface area contributed by atoms with Crippen LogP contribution in [0.1, 0.15) is 75.7 Å². The number of rotatable bonds is 1. The predicted octanol–water partition coefficient (Wildman–Crippen LogP) is 5.25. The Morgan fingerprint density at radius 2 is 1.32 bits per heavy atom. The zero-order valence-corrected chi connectivity index (χ0v) is 11.9. The molecule has 1 saturated carbocycles. The molecule has 1 aliphatic rings. The Bertz CT molecular complexity index is 369. The summed E-state index contributed by atoms with van der Waals surface area (Å²) in [6.45, 7) is 0. The van der Waals surface area contributed by atoms with Gasteiger partial charge < -0.3 is 0 Å². The van der Waals surface area contributed by atoms with Crippen LogP contribution in [0.2, 0.25) is 0 Å². The van der Waals surface area contributed by atoms with Gasteiger partial charge in [0.1, 0.15) is 5.78 Å². The molecule has 0 bridgehead atoms. The monoisotopic (exact) mass is 258 g/mol. The number of hydrogen-bond donors (Lipinski definition) is 0. The molecule has 104 valence electrons. The average Bonchev–Trinajstić information content (AvgIpc) is 2.44. The lowest BCUT2D eigenvalue weighted by Crippen LogP contribution is -2.13. The van der Waals surface area contributed by atoms with Crippen molar-refractivity contribution < 1.29 is 4.79 Å². The molecule has 0 radical (unpaired) electrons. The highest BCUT2D eigenvalue weighted by molar-refractivity contribution is 5.85. The Kier molecular flexibility index (Phi) is 6.13. The lowest BCUT2D eigenvalue weighted by molar-refractivity contribution is -0.120. The lowest BCUT2D eigenvalue weighted by Gasteiger charge is -2.17. The Balaban J connectivity index is 2.01. The summed E-state index contributed by atoms with van der Waals surface area (Å²) >= 11 is 0. The van der Waals surface area contributed by atoms with Crippen molar-refractivity contribution in [3.8, 4) is 0 Å². The summed E-state index contributed by atoms with van der Waals surface area (Å²) in [5.41, 5.74) is 1.23. The lowest BCUT2D eigenvalue weighted by atomic mass is 9.86. The van der Waals surface area contributed by atoms with Crippen LogP contribution >= 0.6 is 0 Å². The number of carbonyl (C=O) groups excluding carboxylic acids is 1. The van der Waals surface area contributed by atoms with Gasteiger partial charge in [-0.1, -0.05) is 75.3 Å². The second-order valence-corrected chi connectivity index (χ2v) is 5.80. The van der Waals surface area contributed by atoms with E-state index in [4.69, 9.17) is 0 Å². The Morgan fingerprint density at radius 1 is 0.737 bits per heavy atom. The van der Waals surface area contributed by atoms with E-state index in [1.54, 1.807) is 0 Å².